The van der Waals surface area contributed by atoms with E-state index in [4.69, 9.17) is 21.3 Å². The Morgan fingerprint density at radius 1 is 1.13 bits per heavy atom. The van der Waals surface area contributed by atoms with Crippen LogP contribution in [0, 0.1) is 11.8 Å². The molecule has 2 heterocycles. The van der Waals surface area contributed by atoms with E-state index >= 15 is 0 Å². The van der Waals surface area contributed by atoms with Crippen LogP contribution in [0.4, 0.5) is 0 Å². The van der Waals surface area contributed by atoms with Gasteiger partial charge >= 0.3 is 0 Å². The van der Waals surface area contributed by atoms with Crippen LogP contribution >= 0.6 is 35.6 Å². The third-order valence-electron chi connectivity index (χ3n) is 6.04. The van der Waals surface area contributed by atoms with Crippen LogP contribution in [0.2, 0.25) is 5.02 Å². The quantitative estimate of drug-likeness (QED) is 0.295. The van der Waals surface area contributed by atoms with Crippen molar-refractivity contribution in [2.75, 3.05) is 52.5 Å². The van der Waals surface area contributed by atoms with Gasteiger partial charge in [0.25, 0.3) is 0 Å². The molecule has 0 aromatic heterocycles. The monoisotopic (exact) mass is 548 g/mol. The highest BCUT2D eigenvalue weighted by Gasteiger charge is 2.25. The number of ether oxygens (including phenoxy) is 1. The number of halogens is 2. The minimum atomic E-state index is 0. The molecule has 170 valence electrons. The fourth-order valence-electron chi connectivity index (χ4n) is 4.28. The van der Waals surface area contributed by atoms with Gasteiger partial charge in [-0.2, -0.15) is 0 Å². The van der Waals surface area contributed by atoms with Gasteiger partial charge in [0.2, 0.25) is 0 Å². The van der Waals surface area contributed by atoms with Gasteiger partial charge in [-0.05, 0) is 63.7 Å². The molecule has 30 heavy (non-hydrogen) atoms. The smallest absolute Gasteiger partial charge is 0.193 e. The normalized spacial score (nSPS) is 21.0. The number of hydrogen-bond donors (Lipinski definition) is 1. The second-order valence-electron chi connectivity index (χ2n) is 8.27. The van der Waals surface area contributed by atoms with E-state index < -0.39 is 0 Å². The van der Waals surface area contributed by atoms with Crippen LogP contribution < -0.4 is 5.32 Å². The molecule has 2 fully saturated rings. The maximum atomic E-state index is 6.32. The second kappa shape index (κ2) is 13.8. The zero-order chi connectivity index (χ0) is 20.5. The molecule has 1 N–H and O–H groups in total. The summed E-state index contributed by atoms with van der Waals surface area (Å²) in [5, 5.41) is 4.38. The Labute approximate surface area is 204 Å². The Kier molecular flexibility index (Phi) is 11.8. The minimum Gasteiger partial charge on any atom is -0.381 e. The van der Waals surface area contributed by atoms with Crippen molar-refractivity contribution in [3.63, 3.8) is 0 Å². The summed E-state index contributed by atoms with van der Waals surface area (Å²) in [6, 6.07) is 8.19. The van der Waals surface area contributed by atoms with Gasteiger partial charge in [0.15, 0.2) is 5.96 Å². The van der Waals surface area contributed by atoms with Crippen molar-refractivity contribution in [3.05, 3.63) is 34.9 Å². The van der Waals surface area contributed by atoms with E-state index in [1.165, 1.54) is 24.8 Å². The summed E-state index contributed by atoms with van der Waals surface area (Å²) >= 11 is 6.32. The topological polar surface area (TPSA) is 40.1 Å². The molecule has 0 amide bonds. The fourth-order valence-corrected chi connectivity index (χ4v) is 4.48. The van der Waals surface area contributed by atoms with Gasteiger partial charge < -0.3 is 15.0 Å². The number of aliphatic imine (C=N–C) groups is 1. The average molecular weight is 549 g/mol. The number of rotatable bonds is 8. The van der Waals surface area contributed by atoms with Crippen LogP contribution in [0.5, 0.6) is 0 Å². The third-order valence-corrected chi connectivity index (χ3v) is 6.40. The number of nitrogens with zero attached hydrogens (tertiary/aromatic N) is 3. The first-order valence-electron chi connectivity index (χ1n) is 11.3. The summed E-state index contributed by atoms with van der Waals surface area (Å²) < 4.78 is 5.62. The van der Waals surface area contributed by atoms with Crippen molar-refractivity contribution < 1.29 is 4.74 Å². The Balaban J connectivity index is 0.00000320. The lowest BCUT2D eigenvalue weighted by Gasteiger charge is -2.32. The van der Waals surface area contributed by atoms with Crippen molar-refractivity contribution in [2.24, 2.45) is 16.8 Å². The minimum absolute atomic E-state index is 0. The van der Waals surface area contributed by atoms with Gasteiger partial charge in [0.1, 0.15) is 0 Å². The van der Waals surface area contributed by atoms with Gasteiger partial charge in [-0.25, -0.2) is 0 Å². The molecule has 2 saturated heterocycles. The standard InChI is InChI=1S/C23H37ClN4O.HI/c1-3-25-23(28-14-11-20(16-28)18-29-4-2)26-15-19-9-12-27(13-10-19)17-21-7-5-6-8-22(21)24;/h5-8,19-20H,3-4,9-18H2,1-2H3,(H,25,26);1H. The summed E-state index contributed by atoms with van der Waals surface area (Å²) in [6.45, 7) is 13.1. The first-order valence-corrected chi connectivity index (χ1v) is 11.6. The molecule has 1 atom stereocenters. The van der Waals surface area contributed by atoms with Crippen LogP contribution in [-0.2, 0) is 11.3 Å². The van der Waals surface area contributed by atoms with Crippen molar-refractivity contribution >= 4 is 41.5 Å². The molecule has 0 spiro atoms. The summed E-state index contributed by atoms with van der Waals surface area (Å²) in [5.74, 6) is 2.39. The van der Waals surface area contributed by atoms with Gasteiger partial charge in [-0.15, -0.1) is 24.0 Å². The lowest BCUT2D eigenvalue weighted by Crippen LogP contribution is -2.41. The van der Waals surface area contributed by atoms with Crippen molar-refractivity contribution in [1.82, 2.24) is 15.1 Å². The number of piperidine rings is 1. The number of nitrogens with one attached hydrogen (secondary N) is 1. The van der Waals surface area contributed by atoms with Gasteiger partial charge in [0, 0.05) is 50.3 Å². The van der Waals surface area contributed by atoms with Gasteiger partial charge in [0.05, 0.1) is 6.61 Å². The highest BCUT2D eigenvalue weighted by atomic mass is 127. The SMILES string of the molecule is CCNC(=NCC1CCN(Cc2ccccc2Cl)CC1)N1CCC(COCC)C1.I. The van der Waals surface area contributed by atoms with Gasteiger partial charge in [-0.1, -0.05) is 29.8 Å². The van der Waals surface area contributed by atoms with E-state index in [1.807, 2.05) is 12.1 Å². The Hall–Kier alpha value is -0.570. The summed E-state index contributed by atoms with van der Waals surface area (Å²) in [6.07, 6.45) is 3.62. The maximum Gasteiger partial charge on any atom is 0.193 e. The fraction of sp³-hybridized carbons (Fsp3) is 0.696. The highest BCUT2D eigenvalue weighted by Crippen LogP contribution is 2.23. The Morgan fingerprint density at radius 2 is 1.87 bits per heavy atom. The largest absolute Gasteiger partial charge is 0.381 e. The summed E-state index contributed by atoms with van der Waals surface area (Å²) in [7, 11) is 0. The van der Waals surface area contributed by atoms with Crippen LogP contribution in [0.3, 0.4) is 0 Å². The number of hydrogen-bond acceptors (Lipinski definition) is 3. The predicted octanol–water partition coefficient (Wildman–Crippen LogP) is 4.49. The summed E-state index contributed by atoms with van der Waals surface area (Å²) in [5.41, 5.74) is 1.23. The Morgan fingerprint density at radius 3 is 2.57 bits per heavy atom. The van der Waals surface area contributed by atoms with Crippen molar-refractivity contribution in [1.29, 1.82) is 0 Å². The number of likely N-dealkylation sites (tertiary alicyclic amines) is 2. The van der Waals surface area contributed by atoms with Crippen LogP contribution in [0.1, 0.15) is 38.7 Å². The molecule has 7 heteroatoms. The lowest BCUT2D eigenvalue weighted by atomic mass is 9.96. The van der Waals surface area contributed by atoms with Crippen LogP contribution in [-0.4, -0.2) is 68.2 Å². The molecule has 2 aliphatic rings. The zero-order valence-corrected chi connectivity index (χ0v) is 21.6. The van der Waals surface area contributed by atoms with Crippen LogP contribution in [0.25, 0.3) is 0 Å². The second-order valence-corrected chi connectivity index (χ2v) is 8.67. The van der Waals surface area contributed by atoms with Crippen molar-refractivity contribution in [2.45, 2.75) is 39.7 Å². The molecule has 1 unspecified atom stereocenters. The molecular weight excluding hydrogens is 511 g/mol. The molecule has 2 aliphatic heterocycles. The molecule has 0 radical (unpaired) electrons. The molecule has 5 nitrogen and oxygen atoms in total. The summed E-state index contributed by atoms with van der Waals surface area (Å²) in [4.78, 5) is 9.94. The van der Waals surface area contributed by atoms with E-state index in [0.717, 1.165) is 70.0 Å². The van der Waals surface area contributed by atoms with E-state index in [2.05, 4.69) is 41.1 Å². The first kappa shape index (κ1) is 25.7. The van der Waals surface area contributed by atoms with E-state index in [-0.39, 0.29) is 24.0 Å². The lowest BCUT2D eigenvalue weighted by molar-refractivity contribution is 0.114. The third kappa shape index (κ3) is 7.84. The number of guanidine groups is 1. The molecular formula is C23H38ClIN4O. The van der Waals surface area contributed by atoms with E-state index in [0.29, 0.717) is 11.8 Å². The molecule has 1 aromatic rings. The van der Waals surface area contributed by atoms with E-state index in [9.17, 15) is 0 Å². The average Bonchev–Trinajstić information content (AvgIpc) is 3.21. The molecule has 0 bridgehead atoms. The van der Waals surface area contributed by atoms with Crippen molar-refractivity contribution in [3.8, 4) is 0 Å². The highest BCUT2D eigenvalue weighted by molar-refractivity contribution is 14.0. The molecule has 0 saturated carbocycles. The molecule has 0 aliphatic carbocycles. The molecule has 1 aromatic carbocycles. The van der Waals surface area contributed by atoms with Crippen LogP contribution in [0.15, 0.2) is 29.3 Å². The predicted molar refractivity (Wildman–Crippen MR) is 137 cm³/mol. The maximum absolute atomic E-state index is 6.32. The first-order chi connectivity index (χ1) is 14.2. The van der Waals surface area contributed by atoms with Gasteiger partial charge in [-0.3, -0.25) is 9.89 Å². The van der Waals surface area contributed by atoms with E-state index in [1.54, 1.807) is 0 Å². The Bertz CT molecular complexity index is 652. The molecule has 3 rings (SSSR count). The zero-order valence-electron chi connectivity index (χ0n) is 18.5. The number of benzene rings is 1.